The van der Waals surface area contributed by atoms with E-state index in [1.807, 2.05) is 90.4 Å². The molecule has 0 atom stereocenters. The number of carbonyl (C=O) groups is 1. The normalized spacial score (nSPS) is 11.1. The maximum absolute atomic E-state index is 11.9. The van der Waals surface area contributed by atoms with E-state index in [0.717, 1.165) is 34.5 Å². The zero-order valence-corrected chi connectivity index (χ0v) is 17.7. The van der Waals surface area contributed by atoms with Crippen LogP contribution in [0, 0.1) is 0 Å². The van der Waals surface area contributed by atoms with Gasteiger partial charge in [0.1, 0.15) is 11.4 Å². The van der Waals surface area contributed by atoms with Crippen LogP contribution in [-0.2, 0) is 4.79 Å². The Hall–Kier alpha value is -3.71. The Morgan fingerprint density at radius 3 is 2.55 bits per heavy atom. The highest BCUT2D eigenvalue weighted by Gasteiger charge is 2.14. The molecule has 0 spiro atoms. The van der Waals surface area contributed by atoms with Crippen molar-refractivity contribution in [3.05, 3.63) is 72.9 Å². The highest BCUT2D eigenvalue weighted by atomic mass is 16.5. The fourth-order valence-electron chi connectivity index (χ4n) is 3.24. The van der Waals surface area contributed by atoms with Gasteiger partial charge in [0.05, 0.1) is 5.69 Å². The van der Waals surface area contributed by atoms with E-state index in [9.17, 15) is 4.79 Å². The Morgan fingerprint density at radius 1 is 1.03 bits per heavy atom. The molecule has 4 aromatic rings. The molecule has 0 fully saturated rings. The average Bonchev–Trinajstić information content (AvgIpc) is 3.18. The Morgan fingerprint density at radius 2 is 1.81 bits per heavy atom. The molecule has 0 aliphatic heterocycles. The molecule has 0 aliphatic carbocycles. The lowest BCUT2D eigenvalue weighted by Crippen LogP contribution is -2.34. The molecule has 31 heavy (non-hydrogen) atoms. The first-order chi connectivity index (χ1) is 15.1. The summed E-state index contributed by atoms with van der Waals surface area (Å²) in [6, 6.07) is 21.5. The number of rotatable bonds is 8. The minimum absolute atomic E-state index is 0.0116. The summed E-state index contributed by atoms with van der Waals surface area (Å²) in [5, 5.41) is 8.63. The van der Waals surface area contributed by atoms with E-state index in [-0.39, 0.29) is 12.5 Å². The van der Waals surface area contributed by atoms with Gasteiger partial charge < -0.3 is 15.0 Å². The number of ether oxygens (including phenoxy) is 1. The molecule has 7 heteroatoms. The summed E-state index contributed by atoms with van der Waals surface area (Å²) >= 11 is 0. The zero-order chi connectivity index (χ0) is 21.6. The number of benzene rings is 2. The van der Waals surface area contributed by atoms with Crippen LogP contribution >= 0.6 is 0 Å². The monoisotopic (exact) mass is 415 g/mol. The van der Waals surface area contributed by atoms with Gasteiger partial charge in [-0.2, -0.15) is 5.10 Å². The standard InChI is InChI=1S/C24H25N5O2/c1-28(2)16-15-25-22(30)17-31-20-12-10-18(11-13-20)23-21-9-6-14-26-24(21)29(27-23)19-7-4-3-5-8-19/h3-14H,15-17H2,1-2H3,(H,25,30). The number of para-hydroxylation sites is 1. The second kappa shape index (κ2) is 9.40. The molecule has 0 aliphatic rings. The molecule has 2 heterocycles. The number of hydrogen-bond acceptors (Lipinski definition) is 5. The number of fused-ring (bicyclic) bond motifs is 1. The maximum Gasteiger partial charge on any atom is 0.257 e. The van der Waals surface area contributed by atoms with Crippen LogP contribution in [0.25, 0.3) is 28.0 Å². The lowest BCUT2D eigenvalue weighted by atomic mass is 10.1. The van der Waals surface area contributed by atoms with E-state index in [1.165, 1.54) is 0 Å². The van der Waals surface area contributed by atoms with Gasteiger partial charge in [0.25, 0.3) is 5.91 Å². The largest absolute Gasteiger partial charge is 0.484 e. The Bertz CT molecular complexity index is 1150. The Labute approximate surface area is 181 Å². The number of amides is 1. The van der Waals surface area contributed by atoms with Gasteiger partial charge >= 0.3 is 0 Å². The molecular formula is C24H25N5O2. The summed E-state index contributed by atoms with van der Waals surface area (Å²) in [7, 11) is 3.93. The third-order valence-electron chi connectivity index (χ3n) is 4.82. The minimum Gasteiger partial charge on any atom is -0.484 e. The highest BCUT2D eigenvalue weighted by Crippen LogP contribution is 2.29. The molecule has 0 saturated carbocycles. The minimum atomic E-state index is -0.135. The quantitative estimate of drug-likeness (QED) is 0.479. The van der Waals surface area contributed by atoms with Gasteiger partial charge in [0, 0.05) is 30.2 Å². The van der Waals surface area contributed by atoms with E-state index >= 15 is 0 Å². The van der Waals surface area contributed by atoms with Gasteiger partial charge in [0.15, 0.2) is 12.3 Å². The van der Waals surface area contributed by atoms with Gasteiger partial charge in [-0.25, -0.2) is 9.67 Å². The molecule has 1 N–H and O–H groups in total. The van der Waals surface area contributed by atoms with Gasteiger partial charge in [-0.05, 0) is 62.6 Å². The van der Waals surface area contributed by atoms with E-state index < -0.39 is 0 Å². The number of pyridine rings is 1. The van der Waals surface area contributed by atoms with Gasteiger partial charge in [-0.3, -0.25) is 4.79 Å². The summed E-state index contributed by atoms with van der Waals surface area (Å²) in [5.74, 6) is 0.501. The van der Waals surface area contributed by atoms with Crippen LogP contribution in [0.15, 0.2) is 72.9 Å². The van der Waals surface area contributed by atoms with Gasteiger partial charge in [-0.15, -0.1) is 0 Å². The van der Waals surface area contributed by atoms with E-state index in [2.05, 4.69) is 10.3 Å². The van der Waals surface area contributed by atoms with Crippen molar-refractivity contribution < 1.29 is 9.53 Å². The van der Waals surface area contributed by atoms with Crippen LogP contribution in [0.3, 0.4) is 0 Å². The molecule has 2 aromatic carbocycles. The fourth-order valence-corrected chi connectivity index (χ4v) is 3.24. The maximum atomic E-state index is 11.9. The van der Waals surface area contributed by atoms with Crippen LogP contribution in [0.2, 0.25) is 0 Å². The molecule has 0 unspecified atom stereocenters. The first-order valence-electron chi connectivity index (χ1n) is 10.2. The number of nitrogens with one attached hydrogen (secondary N) is 1. The van der Waals surface area contributed by atoms with E-state index in [1.54, 1.807) is 6.20 Å². The SMILES string of the molecule is CN(C)CCNC(=O)COc1ccc(-c2nn(-c3ccccc3)c3ncccc23)cc1. The Balaban J connectivity index is 1.50. The predicted molar refractivity (Wildman–Crippen MR) is 121 cm³/mol. The number of nitrogens with zero attached hydrogens (tertiary/aromatic N) is 4. The van der Waals surface area contributed by atoms with Crippen molar-refractivity contribution in [2.45, 2.75) is 0 Å². The highest BCUT2D eigenvalue weighted by molar-refractivity contribution is 5.92. The second-order valence-electron chi connectivity index (χ2n) is 7.44. The molecule has 4 rings (SSSR count). The predicted octanol–water partition coefficient (Wildman–Crippen LogP) is 3.14. The molecule has 0 radical (unpaired) electrons. The molecule has 2 aromatic heterocycles. The summed E-state index contributed by atoms with van der Waals surface area (Å²) in [6.07, 6.45) is 1.77. The van der Waals surface area contributed by atoms with Gasteiger partial charge in [-0.1, -0.05) is 18.2 Å². The molecule has 7 nitrogen and oxygen atoms in total. The molecular weight excluding hydrogens is 390 g/mol. The van der Waals surface area contributed by atoms with Crippen LogP contribution in [0.1, 0.15) is 0 Å². The van der Waals surface area contributed by atoms with Crippen LogP contribution in [0.5, 0.6) is 5.75 Å². The van der Waals surface area contributed by atoms with Crippen molar-refractivity contribution in [2.24, 2.45) is 0 Å². The molecule has 158 valence electrons. The third-order valence-corrected chi connectivity index (χ3v) is 4.82. The topological polar surface area (TPSA) is 72.3 Å². The number of carbonyl (C=O) groups excluding carboxylic acids is 1. The first-order valence-corrected chi connectivity index (χ1v) is 10.2. The summed E-state index contributed by atoms with van der Waals surface area (Å²) in [6.45, 7) is 1.38. The Kier molecular flexibility index (Phi) is 6.24. The molecule has 1 amide bonds. The van der Waals surface area contributed by atoms with Crippen LogP contribution in [-0.4, -0.2) is 59.4 Å². The fraction of sp³-hybridized carbons (Fsp3) is 0.208. The smallest absolute Gasteiger partial charge is 0.257 e. The zero-order valence-electron chi connectivity index (χ0n) is 17.7. The first kappa shape index (κ1) is 20.6. The van der Waals surface area contributed by atoms with Crippen molar-refractivity contribution in [3.8, 4) is 22.7 Å². The second-order valence-corrected chi connectivity index (χ2v) is 7.44. The van der Waals surface area contributed by atoms with Crippen molar-refractivity contribution >= 4 is 16.9 Å². The number of likely N-dealkylation sites (N-methyl/N-ethyl adjacent to an activating group) is 1. The van der Waals surface area contributed by atoms with Crippen molar-refractivity contribution in [2.75, 3.05) is 33.8 Å². The lowest BCUT2D eigenvalue weighted by Gasteiger charge is -2.11. The third kappa shape index (κ3) is 4.90. The van der Waals surface area contributed by atoms with E-state index in [0.29, 0.717) is 12.3 Å². The number of hydrogen-bond donors (Lipinski definition) is 1. The van der Waals surface area contributed by atoms with Crippen molar-refractivity contribution in [3.63, 3.8) is 0 Å². The molecule has 0 saturated heterocycles. The van der Waals surface area contributed by atoms with Crippen LogP contribution < -0.4 is 10.1 Å². The summed E-state index contributed by atoms with van der Waals surface area (Å²) in [5.41, 5.74) is 3.56. The average molecular weight is 415 g/mol. The number of aromatic nitrogens is 3. The molecule has 0 bridgehead atoms. The lowest BCUT2D eigenvalue weighted by molar-refractivity contribution is -0.123. The van der Waals surface area contributed by atoms with Crippen molar-refractivity contribution in [1.82, 2.24) is 25.0 Å². The van der Waals surface area contributed by atoms with Gasteiger partial charge in [0.2, 0.25) is 0 Å². The van der Waals surface area contributed by atoms with Crippen molar-refractivity contribution in [1.29, 1.82) is 0 Å². The summed E-state index contributed by atoms with van der Waals surface area (Å²) < 4.78 is 7.47. The van der Waals surface area contributed by atoms with E-state index in [4.69, 9.17) is 9.84 Å². The van der Waals surface area contributed by atoms with Crippen LogP contribution in [0.4, 0.5) is 0 Å². The summed E-state index contributed by atoms with van der Waals surface area (Å²) in [4.78, 5) is 18.4.